The minimum Gasteiger partial charge on any atom is -0.493 e. The molecule has 2 rings (SSSR count). The van der Waals surface area contributed by atoms with E-state index in [0.29, 0.717) is 12.8 Å². The molecule has 1 fully saturated rings. The van der Waals surface area contributed by atoms with Gasteiger partial charge < -0.3 is 14.6 Å². The molecule has 1 N–H and O–H groups in total. The Bertz CT molecular complexity index is 569. The number of ether oxygens (including phenoxy) is 2. The van der Waals surface area contributed by atoms with Crippen LogP contribution in [-0.4, -0.2) is 31.1 Å². The van der Waals surface area contributed by atoms with Crippen LogP contribution in [0.4, 0.5) is 4.39 Å². The number of ketones is 1. The lowest BCUT2D eigenvalue weighted by molar-refractivity contribution is -0.141. The van der Waals surface area contributed by atoms with Gasteiger partial charge in [0, 0.05) is 12.0 Å². The number of halogens is 1. The van der Waals surface area contributed by atoms with Crippen LogP contribution in [0.2, 0.25) is 0 Å². The number of carbonyl (C=O) groups is 2. The summed E-state index contributed by atoms with van der Waals surface area (Å²) in [6, 6.07) is 2.42. The first kappa shape index (κ1) is 15.3. The standard InChI is InChI=1S/C15H17FO5/c1-20-12-6-10(11(16)7-13(12)21-2)14(17)8-3-4-9(5-8)15(18)19/h6-9H,3-5H2,1-2H3,(H,18,19). The van der Waals surface area contributed by atoms with Crippen molar-refractivity contribution in [3.63, 3.8) is 0 Å². The molecule has 0 spiro atoms. The molecule has 0 bridgehead atoms. The summed E-state index contributed by atoms with van der Waals surface area (Å²) in [7, 11) is 2.78. The first-order chi connectivity index (χ1) is 9.97. The Morgan fingerprint density at radius 1 is 1.14 bits per heavy atom. The third-order valence-electron chi connectivity index (χ3n) is 3.89. The minimum atomic E-state index is -0.905. The molecule has 0 heterocycles. The lowest BCUT2D eigenvalue weighted by atomic mass is 9.94. The number of methoxy groups -OCH3 is 2. The fourth-order valence-electron chi connectivity index (χ4n) is 2.71. The molecule has 0 aromatic heterocycles. The van der Waals surface area contributed by atoms with Crippen LogP contribution in [0.3, 0.4) is 0 Å². The Kier molecular flexibility index (Phi) is 4.45. The maximum Gasteiger partial charge on any atom is 0.306 e. The second kappa shape index (κ2) is 6.11. The van der Waals surface area contributed by atoms with E-state index < -0.39 is 23.6 Å². The lowest BCUT2D eigenvalue weighted by Gasteiger charge is -2.13. The molecule has 1 aliphatic rings. The molecular formula is C15H17FO5. The highest BCUT2D eigenvalue weighted by Gasteiger charge is 2.35. The van der Waals surface area contributed by atoms with Gasteiger partial charge in [-0.15, -0.1) is 0 Å². The van der Waals surface area contributed by atoms with Crippen LogP contribution >= 0.6 is 0 Å². The predicted octanol–water partition coefficient (Wildman–Crippen LogP) is 2.53. The van der Waals surface area contributed by atoms with Gasteiger partial charge in [0.15, 0.2) is 17.3 Å². The number of Topliss-reactive ketones (excluding diaryl/α,β-unsaturated/α-hetero) is 1. The molecule has 2 atom stereocenters. The van der Waals surface area contributed by atoms with Crippen molar-refractivity contribution < 1.29 is 28.6 Å². The maximum absolute atomic E-state index is 14.0. The number of hydrogen-bond acceptors (Lipinski definition) is 4. The zero-order valence-electron chi connectivity index (χ0n) is 11.9. The third-order valence-corrected chi connectivity index (χ3v) is 3.89. The highest BCUT2D eigenvalue weighted by molar-refractivity contribution is 5.99. The van der Waals surface area contributed by atoms with Gasteiger partial charge >= 0.3 is 5.97 Å². The quantitative estimate of drug-likeness (QED) is 0.845. The average Bonchev–Trinajstić information content (AvgIpc) is 2.96. The van der Waals surface area contributed by atoms with Gasteiger partial charge in [0.25, 0.3) is 0 Å². The molecule has 21 heavy (non-hydrogen) atoms. The molecule has 1 saturated carbocycles. The van der Waals surface area contributed by atoms with Crippen molar-refractivity contribution in [2.45, 2.75) is 19.3 Å². The fraction of sp³-hybridized carbons (Fsp3) is 0.467. The molecule has 1 aliphatic carbocycles. The average molecular weight is 296 g/mol. The summed E-state index contributed by atoms with van der Waals surface area (Å²) in [6.45, 7) is 0. The number of carbonyl (C=O) groups excluding carboxylic acids is 1. The second-order valence-corrected chi connectivity index (χ2v) is 5.10. The van der Waals surface area contributed by atoms with Gasteiger partial charge in [-0.3, -0.25) is 9.59 Å². The first-order valence-corrected chi connectivity index (χ1v) is 6.66. The topological polar surface area (TPSA) is 72.8 Å². The molecule has 2 unspecified atom stereocenters. The largest absolute Gasteiger partial charge is 0.493 e. The Balaban J connectivity index is 2.26. The summed E-state index contributed by atoms with van der Waals surface area (Å²) in [4.78, 5) is 23.3. The normalized spacial score (nSPS) is 21.1. The van der Waals surface area contributed by atoms with Gasteiger partial charge in [0.05, 0.1) is 25.7 Å². The zero-order valence-corrected chi connectivity index (χ0v) is 11.9. The van der Waals surface area contributed by atoms with Gasteiger partial charge in [-0.2, -0.15) is 0 Å². The molecule has 0 radical (unpaired) electrons. The molecular weight excluding hydrogens is 279 g/mol. The van der Waals surface area contributed by atoms with Crippen LogP contribution in [0.5, 0.6) is 11.5 Å². The van der Waals surface area contributed by atoms with Crippen molar-refractivity contribution in [1.29, 1.82) is 0 Å². The number of carboxylic acids is 1. The third kappa shape index (κ3) is 2.99. The summed E-state index contributed by atoms with van der Waals surface area (Å²) in [6.07, 6.45) is 1.16. The second-order valence-electron chi connectivity index (χ2n) is 5.10. The summed E-state index contributed by atoms with van der Waals surface area (Å²) in [5, 5.41) is 8.97. The molecule has 6 heteroatoms. The summed E-state index contributed by atoms with van der Waals surface area (Å²) in [5.41, 5.74) is -0.0799. The number of aliphatic carboxylic acids is 1. The van der Waals surface area contributed by atoms with Crippen molar-refractivity contribution in [3.05, 3.63) is 23.5 Å². The van der Waals surface area contributed by atoms with Crippen LogP contribution in [0.1, 0.15) is 29.6 Å². The van der Waals surface area contributed by atoms with Crippen LogP contribution in [0.25, 0.3) is 0 Å². The molecule has 5 nitrogen and oxygen atoms in total. The van der Waals surface area contributed by atoms with Gasteiger partial charge in [0.1, 0.15) is 5.82 Å². The lowest BCUT2D eigenvalue weighted by Crippen LogP contribution is -2.16. The van der Waals surface area contributed by atoms with E-state index in [2.05, 4.69) is 0 Å². The van der Waals surface area contributed by atoms with E-state index >= 15 is 0 Å². The van der Waals surface area contributed by atoms with Crippen molar-refractivity contribution in [1.82, 2.24) is 0 Å². The molecule has 1 aromatic rings. The fourth-order valence-corrected chi connectivity index (χ4v) is 2.71. The Labute approximate surface area is 121 Å². The number of benzene rings is 1. The Hall–Kier alpha value is -2.11. The predicted molar refractivity (Wildman–Crippen MR) is 72.3 cm³/mol. The molecule has 0 amide bonds. The van der Waals surface area contributed by atoms with E-state index in [1.807, 2.05) is 0 Å². The number of carboxylic acid groups (broad SMARTS) is 1. The zero-order chi connectivity index (χ0) is 15.6. The van der Waals surface area contributed by atoms with Crippen LogP contribution < -0.4 is 9.47 Å². The maximum atomic E-state index is 14.0. The van der Waals surface area contributed by atoms with Gasteiger partial charge in [-0.1, -0.05) is 0 Å². The van der Waals surface area contributed by atoms with E-state index in [4.69, 9.17) is 14.6 Å². The van der Waals surface area contributed by atoms with Crippen molar-refractivity contribution >= 4 is 11.8 Å². The summed E-state index contributed by atoms with van der Waals surface area (Å²) >= 11 is 0. The van der Waals surface area contributed by atoms with Gasteiger partial charge in [-0.25, -0.2) is 4.39 Å². The van der Waals surface area contributed by atoms with Crippen LogP contribution in [0, 0.1) is 17.7 Å². The van der Waals surface area contributed by atoms with Crippen molar-refractivity contribution in [2.75, 3.05) is 14.2 Å². The summed E-state index contributed by atoms with van der Waals surface area (Å²) < 4.78 is 24.1. The van der Waals surface area contributed by atoms with Crippen molar-refractivity contribution in [2.24, 2.45) is 11.8 Å². The van der Waals surface area contributed by atoms with Crippen molar-refractivity contribution in [3.8, 4) is 11.5 Å². The number of hydrogen-bond donors (Lipinski definition) is 1. The smallest absolute Gasteiger partial charge is 0.306 e. The molecule has 114 valence electrons. The van der Waals surface area contributed by atoms with E-state index in [1.165, 1.54) is 20.3 Å². The van der Waals surface area contributed by atoms with E-state index in [-0.39, 0.29) is 29.3 Å². The van der Waals surface area contributed by atoms with E-state index in [0.717, 1.165) is 6.07 Å². The number of rotatable bonds is 5. The van der Waals surface area contributed by atoms with Crippen LogP contribution in [-0.2, 0) is 4.79 Å². The molecule has 0 aliphatic heterocycles. The van der Waals surface area contributed by atoms with E-state index in [1.54, 1.807) is 0 Å². The van der Waals surface area contributed by atoms with E-state index in [9.17, 15) is 14.0 Å². The van der Waals surface area contributed by atoms with Gasteiger partial charge in [0.2, 0.25) is 0 Å². The van der Waals surface area contributed by atoms with Crippen LogP contribution in [0.15, 0.2) is 12.1 Å². The highest BCUT2D eigenvalue weighted by atomic mass is 19.1. The molecule has 1 aromatic carbocycles. The highest BCUT2D eigenvalue weighted by Crippen LogP contribution is 2.36. The Morgan fingerprint density at radius 3 is 2.24 bits per heavy atom. The molecule has 0 saturated heterocycles. The monoisotopic (exact) mass is 296 g/mol. The summed E-state index contributed by atoms with van der Waals surface area (Å²) in [5.74, 6) is -2.47. The Morgan fingerprint density at radius 2 is 1.71 bits per heavy atom. The SMILES string of the molecule is COc1cc(F)c(C(=O)C2CCC(C(=O)O)C2)cc1OC. The van der Waals surface area contributed by atoms with Gasteiger partial charge in [-0.05, 0) is 25.3 Å². The minimum absolute atomic E-state index is 0.0799. The first-order valence-electron chi connectivity index (χ1n) is 6.66.